The topological polar surface area (TPSA) is 70.0 Å². The number of nitrogens with zero attached hydrogens (tertiary/aromatic N) is 1. The number of rotatable bonds is 5. The van der Waals surface area contributed by atoms with E-state index in [1.165, 1.54) is 18.2 Å². The van der Waals surface area contributed by atoms with Crippen molar-refractivity contribution in [3.05, 3.63) is 28.8 Å². The Bertz CT molecular complexity index is 659. The van der Waals surface area contributed by atoms with Crippen LogP contribution in [0.5, 0.6) is 0 Å². The van der Waals surface area contributed by atoms with Gasteiger partial charge in [0.15, 0.2) is 0 Å². The highest BCUT2D eigenvalue weighted by molar-refractivity contribution is 7.89. The third-order valence-corrected chi connectivity index (χ3v) is 6.13. The van der Waals surface area contributed by atoms with Crippen LogP contribution in [0.1, 0.15) is 44.6 Å². The first-order chi connectivity index (χ1) is 9.92. The third kappa shape index (κ3) is 3.57. The Morgan fingerprint density at radius 2 is 2.05 bits per heavy atom. The first-order valence-electron chi connectivity index (χ1n) is 7.12. The zero-order chi connectivity index (χ0) is 15.5. The molecule has 4 nitrogen and oxygen atoms in total. The molecule has 0 aromatic heterocycles. The number of halogens is 1. The molecule has 0 saturated heterocycles. The van der Waals surface area contributed by atoms with Gasteiger partial charge < -0.3 is 0 Å². The van der Waals surface area contributed by atoms with Crippen LogP contribution < -0.4 is 4.72 Å². The largest absolute Gasteiger partial charge is 0.240 e. The van der Waals surface area contributed by atoms with Crippen LogP contribution in [0, 0.1) is 16.7 Å². The molecular formula is C15H19ClN2O2S. The number of hydrogen-bond acceptors (Lipinski definition) is 3. The molecule has 114 valence electrons. The van der Waals surface area contributed by atoms with Crippen LogP contribution in [-0.2, 0) is 10.0 Å². The van der Waals surface area contributed by atoms with Gasteiger partial charge in [0.1, 0.15) is 6.07 Å². The summed E-state index contributed by atoms with van der Waals surface area (Å²) in [6, 6.07) is 6.10. The van der Waals surface area contributed by atoms with Crippen LogP contribution in [0.25, 0.3) is 0 Å². The van der Waals surface area contributed by atoms with E-state index in [4.69, 9.17) is 16.9 Å². The Labute approximate surface area is 131 Å². The Morgan fingerprint density at radius 3 is 2.57 bits per heavy atom. The van der Waals surface area contributed by atoms with Crippen molar-refractivity contribution in [2.75, 3.05) is 6.54 Å². The predicted octanol–water partition coefficient (Wildman–Crippen LogP) is 3.46. The maximum absolute atomic E-state index is 12.3. The summed E-state index contributed by atoms with van der Waals surface area (Å²) in [6.45, 7) is 2.57. The number of benzene rings is 1. The highest BCUT2D eigenvalue weighted by Gasteiger charge is 2.33. The highest BCUT2D eigenvalue weighted by Crippen LogP contribution is 2.40. The molecule has 0 radical (unpaired) electrons. The van der Waals surface area contributed by atoms with Gasteiger partial charge in [0, 0.05) is 6.54 Å². The second-order valence-corrected chi connectivity index (χ2v) is 7.81. The van der Waals surface area contributed by atoms with E-state index in [0.29, 0.717) is 6.54 Å². The maximum Gasteiger partial charge on any atom is 0.240 e. The van der Waals surface area contributed by atoms with Gasteiger partial charge in [-0.3, -0.25) is 0 Å². The van der Waals surface area contributed by atoms with E-state index < -0.39 is 10.0 Å². The van der Waals surface area contributed by atoms with Crippen molar-refractivity contribution < 1.29 is 8.42 Å². The molecule has 0 unspecified atom stereocenters. The minimum Gasteiger partial charge on any atom is -0.211 e. The smallest absolute Gasteiger partial charge is 0.211 e. The number of hydrogen-bond donors (Lipinski definition) is 1. The molecule has 1 aliphatic carbocycles. The molecule has 1 aromatic carbocycles. The summed E-state index contributed by atoms with van der Waals surface area (Å²) in [7, 11) is -3.59. The van der Waals surface area contributed by atoms with Crippen molar-refractivity contribution in [3.8, 4) is 6.07 Å². The summed E-state index contributed by atoms with van der Waals surface area (Å²) in [6.07, 6.45) is 5.44. The SMILES string of the molecule is CCC1(CNS(=O)(=O)c2ccc(C#N)c(Cl)c2)CCCC1. The maximum atomic E-state index is 12.3. The molecule has 0 amide bonds. The lowest BCUT2D eigenvalue weighted by atomic mass is 9.84. The fourth-order valence-electron chi connectivity index (χ4n) is 2.87. The van der Waals surface area contributed by atoms with Crippen LogP contribution in [0.2, 0.25) is 5.02 Å². The average molecular weight is 327 g/mol. The fraction of sp³-hybridized carbons (Fsp3) is 0.533. The van der Waals surface area contributed by atoms with E-state index in [9.17, 15) is 8.42 Å². The lowest BCUT2D eigenvalue weighted by Crippen LogP contribution is -2.35. The second kappa shape index (κ2) is 6.35. The van der Waals surface area contributed by atoms with E-state index in [1.54, 1.807) is 0 Å². The predicted molar refractivity (Wildman–Crippen MR) is 82.5 cm³/mol. The van der Waals surface area contributed by atoms with Crippen molar-refractivity contribution in [1.29, 1.82) is 5.26 Å². The lowest BCUT2D eigenvalue weighted by Gasteiger charge is -2.27. The van der Waals surface area contributed by atoms with E-state index in [0.717, 1.165) is 32.1 Å². The monoisotopic (exact) mass is 326 g/mol. The third-order valence-electron chi connectivity index (χ3n) is 4.42. The Balaban J connectivity index is 2.15. The molecule has 1 N–H and O–H groups in total. The quantitative estimate of drug-likeness (QED) is 0.900. The number of nitrogens with one attached hydrogen (secondary N) is 1. The van der Waals surface area contributed by atoms with Gasteiger partial charge in [0.2, 0.25) is 10.0 Å². The van der Waals surface area contributed by atoms with Gasteiger partial charge in [-0.25, -0.2) is 13.1 Å². The summed E-state index contributed by atoms with van der Waals surface area (Å²) in [5.74, 6) is 0. The zero-order valence-corrected chi connectivity index (χ0v) is 13.6. The first-order valence-corrected chi connectivity index (χ1v) is 8.98. The Morgan fingerprint density at radius 1 is 1.38 bits per heavy atom. The minimum atomic E-state index is -3.59. The molecule has 1 aliphatic rings. The summed E-state index contributed by atoms with van der Waals surface area (Å²) >= 11 is 5.90. The lowest BCUT2D eigenvalue weighted by molar-refractivity contribution is 0.285. The normalized spacial score (nSPS) is 17.6. The molecule has 2 rings (SSSR count). The molecule has 0 atom stereocenters. The summed E-state index contributed by atoms with van der Waals surface area (Å²) < 4.78 is 27.4. The van der Waals surface area contributed by atoms with Gasteiger partial charge in [0.25, 0.3) is 0 Å². The molecule has 0 heterocycles. The van der Waals surface area contributed by atoms with E-state index in [1.807, 2.05) is 6.07 Å². The van der Waals surface area contributed by atoms with Crippen molar-refractivity contribution in [1.82, 2.24) is 4.72 Å². The van der Waals surface area contributed by atoms with Gasteiger partial charge in [-0.1, -0.05) is 31.4 Å². The molecule has 1 fully saturated rings. The average Bonchev–Trinajstić information content (AvgIpc) is 2.95. The molecule has 0 spiro atoms. The number of sulfonamides is 1. The van der Waals surface area contributed by atoms with Gasteiger partial charge >= 0.3 is 0 Å². The Hall–Kier alpha value is -1.09. The molecule has 0 aliphatic heterocycles. The summed E-state index contributed by atoms with van der Waals surface area (Å²) in [4.78, 5) is 0.107. The van der Waals surface area contributed by atoms with Gasteiger partial charge in [-0.05, 0) is 42.9 Å². The van der Waals surface area contributed by atoms with Gasteiger partial charge in [-0.15, -0.1) is 0 Å². The van der Waals surface area contributed by atoms with Crippen LogP contribution in [0.15, 0.2) is 23.1 Å². The van der Waals surface area contributed by atoms with Crippen molar-refractivity contribution >= 4 is 21.6 Å². The van der Waals surface area contributed by atoms with Crippen molar-refractivity contribution in [2.24, 2.45) is 5.41 Å². The fourth-order valence-corrected chi connectivity index (χ4v) is 4.34. The summed E-state index contributed by atoms with van der Waals surface area (Å²) in [5.41, 5.74) is 0.361. The van der Waals surface area contributed by atoms with E-state index >= 15 is 0 Å². The van der Waals surface area contributed by atoms with Gasteiger partial charge in [0.05, 0.1) is 15.5 Å². The van der Waals surface area contributed by atoms with Crippen LogP contribution in [-0.4, -0.2) is 15.0 Å². The zero-order valence-electron chi connectivity index (χ0n) is 12.0. The second-order valence-electron chi connectivity index (χ2n) is 5.64. The number of nitriles is 1. The van der Waals surface area contributed by atoms with Crippen LogP contribution in [0.4, 0.5) is 0 Å². The summed E-state index contributed by atoms with van der Waals surface area (Å²) in [5, 5.41) is 8.98. The Kier molecular flexibility index (Phi) is 4.92. The molecule has 21 heavy (non-hydrogen) atoms. The van der Waals surface area contributed by atoms with Gasteiger partial charge in [-0.2, -0.15) is 5.26 Å². The standard InChI is InChI=1S/C15H19ClN2O2S/c1-2-15(7-3-4-8-15)11-18-21(19,20)13-6-5-12(10-17)14(16)9-13/h5-6,9,18H,2-4,7-8,11H2,1H3. The minimum absolute atomic E-state index is 0.0868. The van der Waals surface area contributed by atoms with Crippen molar-refractivity contribution in [2.45, 2.75) is 43.9 Å². The molecule has 6 heteroatoms. The molecule has 1 saturated carbocycles. The highest BCUT2D eigenvalue weighted by atomic mass is 35.5. The van der Waals surface area contributed by atoms with E-state index in [2.05, 4.69) is 11.6 Å². The molecular weight excluding hydrogens is 308 g/mol. The van der Waals surface area contributed by atoms with Crippen LogP contribution in [0.3, 0.4) is 0 Å². The van der Waals surface area contributed by atoms with E-state index in [-0.39, 0.29) is 20.9 Å². The molecule has 1 aromatic rings. The molecule has 0 bridgehead atoms. The first kappa shape index (κ1) is 16.3. The van der Waals surface area contributed by atoms with Crippen molar-refractivity contribution in [3.63, 3.8) is 0 Å². The van der Waals surface area contributed by atoms with Crippen LogP contribution >= 0.6 is 11.6 Å².